The molecule has 180 valence electrons. The van der Waals surface area contributed by atoms with Gasteiger partial charge in [-0.25, -0.2) is 13.2 Å². The number of hydrogen-bond donors (Lipinski definition) is 2. The lowest BCUT2D eigenvalue weighted by molar-refractivity contribution is -0.119. The Bertz CT molecular complexity index is 1270. The summed E-state index contributed by atoms with van der Waals surface area (Å²) in [6, 6.07) is 14.3. The minimum atomic E-state index is -3.92. The Labute approximate surface area is 199 Å². The summed E-state index contributed by atoms with van der Waals surface area (Å²) in [6.07, 6.45) is 3.09. The fraction of sp³-hybridized carbons (Fsp3) is 0.292. The molecule has 1 heterocycles. The maximum Gasteiger partial charge on any atom is 0.338 e. The van der Waals surface area contributed by atoms with Gasteiger partial charge in [0, 0.05) is 18.8 Å². The van der Waals surface area contributed by atoms with Gasteiger partial charge in [0.15, 0.2) is 6.61 Å². The summed E-state index contributed by atoms with van der Waals surface area (Å²) in [5.41, 5.74) is 2.31. The number of hydrogen-bond acceptors (Lipinski definition) is 6. The molecule has 0 bridgehead atoms. The maximum atomic E-state index is 12.8. The van der Waals surface area contributed by atoms with Crippen LogP contribution in [0.4, 0.5) is 11.5 Å². The Balaban J connectivity index is 1.61. The molecule has 0 aliphatic carbocycles. The zero-order valence-corrected chi connectivity index (χ0v) is 20.2. The van der Waals surface area contributed by atoms with Gasteiger partial charge in [-0.1, -0.05) is 31.5 Å². The number of carbonyl (C=O) groups excluding carboxylic acids is 2. The highest BCUT2D eigenvalue weighted by molar-refractivity contribution is 7.92. The highest BCUT2D eigenvalue weighted by Gasteiger charge is 2.18. The quantitative estimate of drug-likeness (QED) is 0.424. The SMILES string of the molecule is CCCCc1ccc(NS(=O)(=O)c2cccc(C(=O)OCC(=O)Nc3cc(C)nn3C)c2)cc1. The number of aryl methyl sites for hydroxylation is 3. The van der Waals surface area contributed by atoms with E-state index in [4.69, 9.17) is 4.74 Å². The third kappa shape index (κ3) is 6.67. The van der Waals surface area contributed by atoms with Gasteiger partial charge in [0.1, 0.15) is 5.82 Å². The van der Waals surface area contributed by atoms with Crippen LogP contribution in [-0.4, -0.2) is 36.7 Å². The summed E-state index contributed by atoms with van der Waals surface area (Å²) < 4.78 is 34.7. The van der Waals surface area contributed by atoms with Crippen molar-refractivity contribution in [1.82, 2.24) is 9.78 Å². The molecule has 2 N–H and O–H groups in total. The first-order chi connectivity index (χ1) is 16.2. The second-order valence-electron chi connectivity index (χ2n) is 7.85. The largest absolute Gasteiger partial charge is 0.452 e. The lowest BCUT2D eigenvalue weighted by Crippen LogP contribution is -2.22. The summed E-state index contributed by atoms with van der Waals surface area (Å²) in [5, 5.41) is 6.71. The number of amides is 1. The number of esters is 1. The zero-order valence-electron chi connectivity index (χ0n) is 19.4. The van der Waals surface area contributed by atoms with E-state index in [9.17, 15) is 18.0 Å². The number of nitrogens with zero attached hydrogens (tertiary/aromatic N) is 2. The van der Waals surface area contributed by atoms with E-state index in [1.807, 2.05) is 12.1 Å². The number of sulfonamides is 1. The smallest absolute Gasteiger partial charge is 0.338 e. The number of carbonyl (C=O) groups is 2. The van der Waals surface area contributed by atoms with Gasteiger partial charge in [-0.3, -0.25) is 14.2 Å². The Morgan fingerprint density at radius 1 is 1.09 bits per heavy atom. The second-order valence-corrected chi connectivity index (χ2v) is 9.54. The standard InChI is InChI=1S/C24H28N4O5S/c1-4-5-7-18-10-12-20(13-11-18)27-34(31,32)21-9-6-8-19(15-21)24(30)33-16-23(29)25-22-14-17(2)26-28(22)3/h6,8-15,27H,4-5,7,16H2,1-3H3,(H,25,29). The summed E-state index contributed by atoms with van der Waals surface area (Å²) in [7, 11) is -2.24. The van der Waals surface area contributed by atoms with E-state index in [1.54, 1.807) is 32.2 Å². The first-order valence-corrected chi connectivity index (χ1v) is 12.4. The van der Waals surface area contributed by atoms with Gasteiger partial charge in [0.05, 0.1) is 16.2 Å². The fourth-order valence-corrected chi connectivity index (χ4v) is 4.35. The molecule has 3 rings (SSSR count). The molecule has 2 aromatic carbocycles. The van der Waals surface area contributed by atoms with E-state index in [1.165, 1.54) is 28.9 Å². The van der Waals surface area contributed by atoms with Crippen LogP contribution in [0.5, 0.6) is 0 Å². The second kappa shape index (κ2) is 11.0. The molecule has 0 radical (unpaired) electrons. The minimum Gasteiger partial charge on any atom is -0.452 e. The normalized spacial score (nSPS) is 11.1. The zero-order chi connectivity index (χ0) is 24.7. The van der Waals surface area contributed by atoms with Gasteiger partial charge in [-0.15, -0.1) is 0 Å². The predicted octanol–water partition coefficient (Wildman–Crippen LogP) is 3.67. The lowest BCUT2D eigenvalue weighted by atomic mass is 10.1. The van der Waals surface area contributed by atoms with Crippen LogP contribution >= 0.6 is 0 Å². The molecular formula is C24H28N4O5S. The van der Waals surface area contributed by atoms with Crippen molar-refractivity contribution in [2.24, 2.45) is 7.05 Å². The molecule has 3 aromatic rings. The third-order valence-corrected chi connectivity index (χ3v) is 6.39. The van der Waals surface area contributed by atoms with Crippen LogP contribution < -0.4 is 10.0 Å². The van der Waals surface area contributed by atoms with Crippen molar-refractivity contribution in [2.75, 3.05) is 16.6 Å². The minimum absolute atomic E-state index is 0.0157. The van der Waals surface area contributed by atoms with Crippen molar-refractivity contribution < 1.29 is 22.7 Å². The van der Waals surface area contributed by atoms with E-state index < -0.39 is 28.5 Å². The van der Waals surface area contributed by atoms with Gasteiger partial charge in [0.2, 0.25) is 0 Å². The molecule has 0 atom stereocenters. The van der Waals surface area contributed by atoms with Crippen LogP contribution in [0, 0.1) is 6.92 Å². The number of benzene rings is 2. The Morgan fingerprint density at radius 3 is 2.47 bits per heavy atom. The molecule has 0 unspecified atom stereocenters. The van der Waals surface area contributed by atoms with E-state index >= 15 is 0 Å². The van der Waals surface area contributed by atoms with E-state index in [-0.39, 0.29) is 10.5 Å². The van der Waals surface area contributed by atoms with Crippen molar-refractivity contribution in [3.63, 3.8) is 0 Å². The van der Waals surface area contributed by atoms with Crippen LogP contribution in [0.25, 0.3) is 0 Å². The van der Waals surface area contributed by atoms with Crippen molar-refractivity contribution in [3.05, 3.63) is 71.4 Å². The Kier molecular flexibility index (Phi) is 8.06. The topological polar surface area (TPSA) is 119 Å². The number of rotatable bonds is 10. The molecule has 0 saturated carbocycles. The van der Waals surface area contributed by atoms with Gasteiger partial charge in [-0.05, 0) is 55.7 Å². The van der Waals surface area contributed by atoms with Crippen LogP contribution in [0.1, 0.15) is 41.4 Å². The predicted molar refractivity (Wildman–Crippen MR) is 129 cm³/mol. The molecule has 0 saturated heterocycles. The number of ether oxygens (including phenoxy) is 1. The van der Waals surface area contributed by atoms with E-state index in [2.05, 4.69) is 22.1 Å². The molecule has 0 aliphatic heterocycles. The third-order valence-electron chi connectivity index (χ3n) is 5.01. The molecule has 1 aromatic heterocycles. The molecule has 34 heavy (non-hydrogen) atoms. The van der Waals surface area contributed by atoms with Gasteiger partial charge < -0.3 is 10.1 Å². The Hall–Kier alpha value is -3.66. The van der Waals surface area contributed by atoms with Gasteiger partial charge in [0.25, 0.3) is 15.9 Å². The highest BCUT2D eigenvalue weighted by Crippen LogP contribution is 2.19. The fourth-order valence-electron chi connectivity index (χ4n) is 3.25. The molecule has 10 heteroatoms. The first-order valence-electron chi connectivity index (χ1n) is 10.9. The highest BCUT2D eigenvalue weighted by atomic mass is 32.2. The summed E-state index contributed by atoms with van der Waals surface area (Å²) in [6.45, 7) is 3.38. The molecule has 0 spiro atoms. The lowest BCUT2D eigenvalue weighted by Gasteiger charge is -2.10. The molecule has 1 amide bonds. The van der Waals surface area contributed by atoms with E-state index in [0.29, 0.717) is 11.5 Å². The molecule has 0 fully saturated rings. The number of nitrogens with one attached hydrogen (secondary N) is 2. The molecular weight excluding hydrogens is 456 g/mol. The van der Waals surface area contributed by atoms with E-state index in [0.717, 1.165) is 30.5 Å². The van der Waals surface area contributed by atoms with Crippen molar-refractivity contribution in [2.45, 2.75) is 38.0 Å². The average Bonchev–Trinajstić information content (AvgIpc) is 3.13. The number of anilines is 2. The van der Waals surface area contributed by atoms with Crippen LogP contribution in [0.3, 0.4) is 0 Å². The Morgan fingerprint density at radius 2 is 1.82 bits per heavy atom. The van der Waals surface area contributed by atoms with Crippen LogP contribution in [0.15, 0.2) is 59.5 Å². The van der Waals surface area contributed by atoms with Crippen molar-refractivity contribution in [1.29, 1.82) is 0 Å². The van der Waals surface area contributed by atoms with Crippen molar-refractivity contribution in [3.8, 4) is 0 Å². The number of unbranched alkanes of at least 4 members (excludes halogenated alkanes) is 1. The van der Waals surface area contributed by atoms with Crippen molar-refractivity contribution >= 4 is 33.4 Å². The maximum absolute atomic E-state index is 12.8. The number of aromatic nitrogens is 2. The van der Waals surface area contributed by atoms with Crippen LogP contribution in [-0.2, 0) is 33.0 Å². The molecule has 9 nitrogen and oxygen atoms in total. The summed E-state index contributed by atoms with van der Waals surface area (Å²) in [4.78, 5) is 24.4. The average molecular weight is 485 g/mol. The van der Waals surface area contributed by atoms with Crippen LogP contribution in [0.2, 0.25) is 0 Å². The monoisotopic (exact) mass is 484 g/mol. The summed E-state index contributed by atoms with van der Waals surface area (Å²) >= 11 is 0. The van der Waals surface area contributed by atoms with Gasteiger partial charge in [-0.2, -0.15) is 5.10 Å². The van der Waals surface area contributed by atoms with Gasteiger partial charge >= 0.3 is 5.97 Å². The first kappa shape index (κ1) is 25.0. The summed E-state index contributed by atoms with van der Waals surface area (Å²) in [5.74, 6) is -0.881. The molecule has 0 aliphatic rings.